The molecular weight excluding hydrogens is 549 g/mol. The summed E-state index contributed by atoms with van der Waals surface area (Å²) in [6.07, 6.45) is 0. The van der Waals surface area contributed by atoms with Gasteiger partial charge in [-0.05, 0) is 37.5 Å². The van der Waals surface area contributed by atoms with Crippen LogP contribution in [0.15, 0.2) is 66.7 Å². The van der Waals surface area contributed by atoms with Gasteiger partial charge in [0, 0.05) is 29.8 Å². The summed E-state index contributed by atoms with van der Waals surface area (Å²) in [6, 6.07) is 22.8. The summed E-state index contributed by atoms with van der Waals surface area (Å²) < 4.78 is 54.7. The lowest BCUT2D eigenvalue weighted by molar-refractivity contribution is -0.538. The van der Waals surface area contributed by atoms with Crippen LogP contribution in [0, 0.1) is 20.8 Å². The van der Waals surface area contributed by atoms with Crippen molar-refractivity contribution in [3.63, 3.8) is 0 Å². The number of hydrogen-bond donors (Lipinski definition) is 0. The summed E-state index contributed by atoms with van der Waals surface area (Å²) in [4.78, 5) is 0. The van der Waals surface area contributed by atoms with Gasteiger partial charge in [-0.3, -0.25) is 12.9 Å². The molecular formula is C32H32BF4NO4. The van der Waals surface area contributed by atoms with Crippen LogP contribution in [0.25, 0.3) is 38.6 Å². The fourth-order valence-corrected chi connectivity index (χ4v) is 5.50. The van der Waals surface area contributed by atoms with Crippen molar-refractivity contribution in [3.05, 3.63) is 83.4 Å². The predicted octanol–water partition coefficient (Wildman–Crippen LogP) is 4.78. The number of aromatic nitrogens is 1. The Morgan fingerprint density at radius 1 is 0.595 bits per heavy atom. The van der Waals surface area contributed by atoms with Crippen LogP contribution in [-0.2, 0) is 0 Å². The van der Waals surface area contributed by atoms with Crippen LogP contribution in [0.4, 0.5) is 12.9 Å². The minimum absolute atomic E-state index is 0. The van der Waals surface area contributed by atoms with Gasteiger partial charge in [-0.15, -0.1) is 0 Å². The van der Waals surface area contributed by atoms with Gasteiger partial charge in [0.15, 0.2) is 0 Å². The molecule has 0 fully saturated rings. The highest BCUT2D eigenvalue weighted by Crippen LogP contribution is 2.47. The smallest absolute Gasteiger partial charge is 0.762 e. The summed E-state index contributed by atoms with van der Waals surface area (Å²) in [5, 5.41) is 1.97. The highest BCUT2D eigenvalue weighted by molar-refractivity contribution is 6.33. The molecule has 0 saturated heterocycles. The van der Waals surface area contributed by atoms with E-state index in [-0.39, 0.29) is 4.70 Å². The summed E-state index contributed by atoms with van der Waals surface area (Å²) in [7, 11) is 3.09. The second-order valence-electron chi connectivity index (χ2n) is 9.51. The van der Waals surface area contributed by atoms with Gasteiger partial charge in [-0.1, -0.05) is 35.9 Å². The topological polar surface area (TPSA) is 40.8 Å². The van der Waals surface area contributed by atoms with Crippen molar-refractivity contribution in [3.8, 4) is 39.8 Å². The number of rotatable bonds is 6. The van der Waals surface area contributed by atoms with Crippen LogP contribution in [0.5, 0.6) is 23.0 Å². The first-order valence-corrected chi connectivity index (χ1v) is 12.9. The van der Waals surface area contributed by atoms with Crippen molar-refractivity contribution in [2.75, 3.05) is 28.4 Å². The SMILES string of the molecule is COc1cc(OC)c2c(-c3c(C)cc(C)cc3C)c3c(OC)cc(OC)cc3[n+](-c3ccccc3)c2c1.FB(F)F.[F-]. The quantitative estimate of drug-likeness (QED) is 0.125. The minimum Gasteiger partial charge on any atom is -1.00 e. The number of halogens is 4. The van der Waals surface area contributed by atoms with Crippen molar-refractivity contribution in [1.29, 1.82) is 0 Å². The number of aryl methyl sites for hydroxylation is 3. The second-order valence-corrected chi connectivity index (χ2v) is 9.51. The lowest BCUT2D eigenvalue weighted by Gasteiger charge is -2.20. The zero-order chi connectivity index (χ0) is 29.8. The van der Waals surface area contributed by atoms with Gasteiger partial charge in [0.25, 0.3) is 0 Å². The molecule has 0 aliphatic rings. The van der Waals surface area contributed by atoms with E-state index < -0.39 is 7.54 Å². The molecule has 10 heteroatoms. The summed E-state index contributed by atoms with van der Waals surface area (Å²) in [5.41, 5.74) is 8.75. The number of fused-ring (bicyclic) bond motifs is 2. The third-order valence-corrected chi connectivity index (χ3v) is 6.94. The number of benzene rings is 4. The van der Waals surface area contributed by atoms with Gasteiger partial charge in [-0.2, -0.15) is 4.57 Å². The Morgan fingerprint density at radius 3 is 1.40 bits per heavy atom. The Kier molecular flexibility index (Phi) is 10.3. The fourth-order valence-electron chi connectivity index (χ4n) is 5.50. The van der Waals surface area contributed by atoms with Crippen LogP contribution in [0.1, 0.15) is 16.7 Å². The van der Waals surface area contributed by atoms with Gasteiger partial charge in [0.2, 0.25) is 16.7 Å². The molecule has 42 heavy (non-hydrogen) atoms. The Hall–Kier alpha value is -4.47. The van der Waals surface area contributed by atoms with E-state index >= 15 is 0 Å². The average Bonchev–Trinajstić information content (AvgIpc) is 2.95. The molecule has 220 valence electrons. The molecule has 0 unspecified atom stereocenters. The Morgan fingerprint density at radius 2 is 1.02 bits per heavy atom. The van der Waals surface area contributed by atoms with Gasteiger partial charge < -0.3 is 23.7 Å². The van der Waals surface area contributed by atoms with Crippen LogP contribution in [0.3, 0.4) is 0 Å². The van der Waals surface area contributed by atoms with Crippen molar-refractivity contribution >= 4 is 29.3 Å². The Balaban J connectivity index is 0.000000911. The zero-order valence-electron chi connectivity index (χ0n) is 24.5. The predicted molar refractivity (Wildman–Crippen MR) is 158 cm³/mol. The molecule has 1 aromatic heterocycles. The van der Waals surface area contributed by atoms with Crippen molar-refractivity contribution in [1.82, 2.24) is 0 Å². The first-order valence-electron chi connectivity index (χ1n) is 12.9. The third kappa shape index (κ3) is 6.07. The number of ether oxygens (including phenoxy) is 4. The molecule has 0 aliphatic heterocycles. The Bertz CT molecular complexity index is 1620. The van der Waals surface area contributed by atoms with E-state index in [0.29, 0.717) is 11.5 Å². The maximum absolute atomic E-state index is 9.67. The number of hydrogen-bond acceptors (Lipinski definition) is 4. The third-order valence-electron chi connectivity index (χ3n) is 6.94. The van der Waals surface area contributed by atoms with Gasteiger partial charge in [0.1, 0.15) is 23.0 Å². The highest BCUT2D eigenvalue weighted by Gasteiger charge is 2.31. The maximum Gasteiger partial charge on any atom is 0.762 e. The van der Waals surface area contributed by atoms with Crippen LogP contribution >= 0.6 is 0 Å². The van der Waals surface area contributed by atoms with Gasteiger partial charge >= 0.3 is 7.54 Å². The van der Waals surface area contributed by atoms with Crippen molar-refractivity contribution < 1.29 is 41.2 Å². The number of pyridine rings is 1. The molecule has 0 atom stereocenters. The lowest BCUT2D eigenvalue weighted by Crippen LogP contribution is -3.00. The Labute approximate surface area is 243 Å². The molecule has 0 radical (unpaired) electrons. The monoisotopic (exact) mass is 581 g/mol. The van der Waals surface area contributed by atoms with E-state index in [1.54, 1.807) is 28.4 Å². The van der Waals surface area contributed by atoms with E-state index in [1.165, 1.54) is 16.7 Å². The summed E-state index contributed by atoms with van der Waals surface area (Å²) in [6.45, 7) is 6.46. The normalized spacial score (nSPS) is 10.4. The largest absolute Gasteiger partial charge is 1.00 e. The average molecular weight is 581 g/mol. The van der Waals surface area contributed by atoms with E-state index in [1.807, 2.05) is 30.3 Å². The minimum atomic E-state index is -3.67. The zero-order valence-corrected chi connectivity index (χ0v) is 24.5. The molecule has 0 N–H and O–H groups in total. The molecule has 5 nitrogen and oxygen atoms in total. The van der Waals surface area contributed by atoms with Crippen LogP contribution in [0.2, 0.25) is 0 Å². The van der Waals surface area contributed by atoms with Crippen molar-refractivity contribution in [2.24, 2.45) is 0 Å². The van der Waals surface area contributed by atoms with Crippen molar-refractivity contribution in [2.45, 2.75) is 20.8 Å². The molecule has 1 heterocycles. The molecule has 0 amide bonds. The summed E-state index contributed by atoms with van der Waals surface area (Å²) >= 11 is 0. The van der Waals surface area contributed by atoms with E-state index in [2.05, 4.69) is 61.7 Å². The molecule has 0 spiro atoms. The van der Waals surface area contributed by atoms with Gasteiger partial charge in [0.05, 0.1) is 51.3 Å². The highest BCUT2D eigenvalue weighted by atomic mass is 19.4. The van der Waals surface area contributed by atoms with Crippen LogP contribution < -0.4 is 28.2 Å². The number of para-hydroxylation sites is 1. The molecule has 0 saturated carbocycles. The standard InChI is InChI=1S/C32H32NO4.BF3.FH/c1-19-13-20(2)29(21(3)14-19)32-30-25(15-23(34-4)17-27(30)36-6)33(22-11-9-8-10-12-22)26-16-24(35-5)18-28(37-7)31(26)32;2-1(3)4;/h8-18H,1-7H3;;1H/q+1;;/p-1. The van der Waals surface area contributed by atoms with E-state index in [0.717, 1.165) is 50.1 Å². The number of nitrogens with zero attached hydrogens (tertiary/aromatic N) is 1. The number of methoxy groups -OCH3 is 4. The van der Waals surface area contributed by atoms with E-state index in [9.17, 15) is 12.9 Å². The first kappa shape index (κ1) is 32.1. The fraction of sp³-hybridized carbons (Fsp3) is 0.219. The second kappa shape index (κ2) is 13.5. The van der Waals surface area contributed by atoms with Gasteiger partial charge in [-0.25, -0.2) is 0 Å². The lowest BCUT2D eigenvalue weighted by atomic mass is 9.88. The molecule has 0 bridgehead atoms. The molecule has 5 aromatic rings. The summed E-state index contributed by atoms with van der Waals surface area (Å²) in [5.74, 6) is 2.89. The van der Waals surface area contributed by atoms with E-state index in [4.69, 9.17) is 18.9 Å². The maximum atomic E-state index is 9.67. The molecule has 4 aromatic carbocycles. The van der Waals surface area contributed by atoms with Crippen LogP contribution in [-0.4, -0.2) is 36.0 Å². The molecule has 5 rings (SSSR count). The first-order chi connectivity index (χ1) is 19.6. The molecule has 0 aliphatic carbocycles.